The molecule has 2 N–H and O–H groups in total. The van der Waals surface area contributed by atoms with E-state index in [2.05, 4.69) is 18.7 Å². The molecule has 3 unspecified atom stereocenters. The van der Waals surface area contributed by atoms with E-state index in [1.165, 1.54) is 6.26 Å². The van der Waals surface area contributed by atoms with E-state index >= 15 is 0 Å². The Kier molecular flexibility index (Phi) is 4.73. The Hall–Kier alpha value is 0.180. The lowest BCUT2D eigenvalue weighted by molar-refractivity contribution is -0.0785. The fourth-order valence-electron chi connectivity index (χ4n) is 3.54. The highest BCUT2D eigenvalue weighted by atomic mass is 32.2. The van der Waals surface area contributed by atoms with Crippen molar-refractivity contribution in [3.05, 3.63) is 0 Å². The third kappa shape index (κ3) is 3.58. The van der Waals surface area contributed by atoms with Gasteiger partial charge in [-0.2, -0.15) is 11.8 Å². The van der Waals surface area contributed by atoms with E-state index in [1.807, 2.05) is 13.8 Å². The van der Waals surface area contributed by atoms with E-state index < -0.39 is 15.2 Å². The van der Waals surface area contributed by atoms with Crippen LogP contribution in [-0.2, 0) is 14.6 Å². The van der Waals surface area contributed by atoms with Gasteiger partial charge >= 0.3 is 0 Å². The van der Waals surface area contributed by atoms with Crippen LogP contribution in [0.1, 0.15) is 27.7 Å². The lowest BCUT2D eigenvalue weighted by Crippen LogP contribution is -2.54. The zero-order chi connectivity index (χ0) is 16.1. The summed E-state index contributed by atoms with van der Waals surface area (Å²) >= 11 is 1.71. The first-order valence-electron chi connectivity index (χ1n) is 7.41. The highest BCUT2D eigenvalue weighted by molar-refractivity contribution is 8.00. The summed E-state index contributed by atoms with van der Waals surface area (Å²) in [7, 11) is -3.08. The second kappa shape index (κ2) is 5.67. The molecule has 2 aliphatic rings. The summed E-state index contributed by atoms with van der Waals surface area (Å²) in [6, 6.07) is -0.0951. The highest BCUT2D eigenvalue weighted by Crippen LogP contribution is 2.42. The summed E-state index contributed by atoms with van der Waals surface area (Å²) < 4.78 is 30.2. The zero-order valence-corrected chi connectivity index (χ0v) is 15.3. The number of ether oxygens (including phenoxy) is 1. The standard InChI is InChI=1S/C14H28N2O3S2/c1-13(2)10(12(15)14(3,4)19-13)8-16-6-7-20-9-11(16)21(5,17)18/h10-12H,6-9,15H2,1-5H3. The van der Waals surface area contributed by atoms with Crippen LogP contribution in [0.25, 0.3) is 0 Å². The summed E-state index contributed by atoms with van der Waals surface area (Å²) in [6.45, 7) is 9.61. The normalized spacial score (nSPS) is 36.8. The van der Waals surface area contributed by atoms with Crippen LogP contribution >= 0.6 is 11.8 Å². The van der Waals surface area contributed by atoms with Crippen molar-refractivity contribution in [2.75, 3.05) is 30.9 Å². The second-order valence-electron chi connectivity index (χ2n) is 7.30. The third-order valence-corrected chi connectivity index (χ3v) is 7.46. The van der Waals surface area contributed by atoms with Crippen LogP contribution < -0.4 is 5.73 Å². The predicted molar refractivity (Wildman–Crippen MR) is 88.2 cm³/mol. The molecule has 0 aliphatic carbocycles. The summed E-state index contributed by atoms with van der Waals surface area (Å²) in [6.07, 6.45) is 1.33. The Morgan fingerprint density at radius 2 is 1.90 bits per heavy atom. The molecular weight excluding hydrogens is 308 g/mol. The molecule has 0 radical (unpaired) electrons. The van der Waals surface area contributed by atoms with Crippen LogP contribution in [0.15, 0.2) is 0 Å². The average molecular weight is 337 g/mol. The van der Waals surface area contributed by atoms with Gasteiger partial charge in [0.25, 0.3) is 0 Å². The number of sulfone groups is 1. The number of thioether (sulfide) groups is 1. The fraction of sp³-hybridized carbons (Fsp3) is 1.00. The van der Waals surface area contributed by atoms with Crippen molar-refractivity contribution in [3.8, 4) is 0 Å². The van der Waals surface area contributed by atoms with Gasteiger partial charge in [-0.15, -0.1) is 0 Å². The molecule has 124 valence electrons. The van der Waals surface area contributed by atoms with Crippen LogP contribution in [0.5, 0.6) is 0 Å². The molecule has 3 atom stereocenters. The van der Waals surface area contributed by atoms with Crippen molar-refractivity contribution in [1.82, 2.24) is 4.90 Å². The minimum atomic E-state index is -3.08. The molecule has 0 aromatic carbocycles. The third-order valence-electron chi connectivity index (χ3n) is 4.77. The van der Waals surface area contributed by atoms with E-state index in [0.29, 0.717) is 12.3 Å². The van der Waals surface area contributed by atoms with Crippen LogP contribution in [0.3, 0.4) is 0 Å². The second-order valence-corrected chi connectivity index (χ2v) is 10.6. The van der Waals surface area contributed by atoms with E-state index in [0.717, 1.165) is 12.3 Å². The van der Waals surface area contributed by atoms with Crippen LogP contribution in [0.4, 0.5) is 0 Å². The van der Waals surface area contributed by atoms with Gasteiger partial charge in [0.2, 0.25) is 0 Å². The molecule has 7 heteroatoms. The first-order valence-corrected chi connectivity index (χ1v) is 10.5. The van der Waals surface area contributed by atoms with Crippen LogP contribution in [0, 0.1) is 5.92 Å². The van der Waals surface area contributed by atoms with Gasteiger partial charge in [0.1, 0.15) is 5.37 Å². The predicted octanol–water partition coefficient (Wildman–Crippen LogP) is 0.937. The maximum absolute atomic E-state index is 12.0. The molecule has 0 saturated carbocycles. The highest BCUT2D eigenvalue weighted by Gasteiger charge is 2.53. The Bertz CT molecular complexity index is 490. The summed E-state index contributed by atoms with van der Waals surface area (Å²) in [5.41, 5.74) is 5.68. The van der Waals surface area contributed by atoms with Gasteiger partial charge < -0.3 is 10.5 Å². The van der Waals surface area contributed by atoms with Gasteiger partial charge in [-0.25, -0.2) is 8.42 Å². The summed E-state index contributed by atoms with van der Waals surface area (Å²) in [4.78, 5) is 2.09. The summed E-state index contributed by atoms with van der Waals surface area (Å²) in [5.74, 6) is 1.74. The smallest absolute Gasteiger partial charge is 0.164 e. The van der Waals surface area contributed by atoms with Crippen molar-refractivity contribution < 1.29 is 13.2 Å². The van der Waals surface area contributed by atoms with E-state index in [4.69, 9.17) is 10.5 Å². The molecule has 2 heterocycles. The van der Waals surface area contributed by atoms with E-state index in [-0.39, 0.29) is 23.2 Å². The van der Waals surface area contributed by atoms with Crippen molar-refractivity contribution in [1.29, 1.82) is 0 Å². The first kappa shape index (κ1) is 17.5. The number of hydrogen-bond donors (Lipinski definition) is 1. The minimum Gasteiger partial charge on any atom is -0.368 e. The van der Waals surface area contributed by atoms with Gasteiger partial charge in [0, 0.05) is 42.8 Å². The SMILES string of the molecule is CC1(C)OC(C)(C)C(CN2CCSCC2S(C)(=O)=O)C1N. The van der Waals surface area contributed by atoms with Crippen LogP contribution in [0.2, 0.25) is 0 Å². The molecule has 0 aromatic heterocycles. The van der Waals surface area contributed by atoms with Gasteiger partial charge in [-0.05, 0) is 27.7 Å². The number of rotatable bonds is 3. The molecule has 0 bridgehead atoms. The van der Waals surface area contributed by atoms with Gasteiger partial charge in [0.15, 0.2) is 9.84 Å². The number of hydrogen-bond acceptors (Lipinski definition) is 6. The van der Waals surface area contributed by atoms with Gasteiger partial charge in [-0.3, -0.25) is 4.90 Å². The molecule has 2 saturated heterocycles. The van der Waals surface area contributed by atoms with E-state index in [9.17, 15) is 8.42 Å². The largest absolute Gasteiger partial charge is 0.368 e. The average Bonchev–Trinajstić information content (AvgIpc) is 2.47. The molecule has 21 heavy (non-hydrogen) atoms. The van der Waals surface area contributed by atoms with Crippen LogP contribution in [-0.4, -0.2) is 66.8 Å². The molecule has 0 aromatic rings. The molecule has 0 amide bonds. The molecule has 5 nitrogen and oxygen atoms in total. The molecule has 2 aliphatic heterocycles. The number of nitrogens with two attached hydrogens (primary N) is 1. The Morgan fingerprint density at radius 3 is 2.38 bits per heavy atom. The zero-order valence-electron chi connectivity index (χ0n) is 13.6. The van der Waals surface area contributed by atoms with Gasteiger partial charge in [-0.1, -0.05) is 0 Å². The molecular formula is C14H28N2O3S2. The molecule has 0 spiro atoms. The molecule has 2 fully saturated rings. The Labute approximate surface area is 132 Å². The number of nitrogens with zero attached hydrogens (tertiary/aromatic N) is 1. The molecule has 2 rings (SSSR count). The van der Waals surface area contributed by atoms with Gasteiger partial charge in [0.05, 0.1) is 11.2 Å². The lowest BCUT2D eigenvalue weighted by Gasteiger charge is -2.39. The maximum atomic E-state index is 12.0. The minimum absolute atomic E-state index is 0.0951. The van der Waals surface area contributed by atoms with Crippen molar-refractivity contribution in [2.24, 2.45) is 11.7 Å². The fourth-order valence-corrected chi connectivity index (χ4v) is 6.50. The summed E-state index contributed by atoms with van der Waals surface area (Å²) in [5, 5.41) is -0.400. The Balaban J connectivity index is 2.19. The monoisotopic (exact) mass is 336 g/mol. The Morgan fingerprint density at radius 1 is 1.29 bits per heavy atom. The van der Waals surface area contributed by atoms with E-state index in [1.54, 1.807) is 11.8 Å². The topological polar surface area (TPSA) is 72.6 Å². The first-order chi connectivity index (χ1) is 9.45. The maximum Gasteiger partial charge on any atom is 0.164 e. The van der Waals surface area contributed by atoms with Crippen molar-refractivity contribution in [2.45, 2.75) is 50.3 Å². The van der Waals surface area contributed by atoms with Crippen molar-refractivity contribution >= 4 is 21.6 Å². The quantitative estimate of drug-likeness (QED) is 0.827. The van der Waals surface area contributed by atoms with Crippen molar-refractivity contribution in [3.63, 3.8) is 0 Å². The lowest BCUT2D eigenvalue weighted by atomic mass is 9.82.